The molecule has 2 heterocycles. The van der Waals surface area contributed by atoms with Crippen molar-refractivity contribution in [2.24, 2.45) is 5.73 Å². The Bertz CT molecular complexity index is 797. The first-order chi connectivity index (χ1) is 12.0. The quantitative estimate of drug-likeness (QED) is 0.920. The number of aromatic nitrogens is 1. The lowest BCUT2D eigenvalue weighted by Crippen LogP contribution is -2.44. The number of piperidine rings is 1. The molecular weight excluding hydrogens is 325 g/mol. The fourth-order valence-electron chi connectivity index (χ4n) is 2.83. The Labute approximate surface area is 144 Å². The van der Waals surface area contributed by atoms with Crippen LogP contribution >= 0.6 is 0 Å². The number of halogens is 1. The van der Waals surface area contributed by atoms with Crippen LogP contribution < -0.4 is 10.5 Å². The van der Waals surface area contributed by atoms with Crippen LogP contribution in [0.3, 0.4) is 0 Å². The molecule has 1 atom stereocenters. The molecule has 6 nitrogen and oxygen atoms in total. The topological polar surface area (TPSA) is 85.5 Å². The monoisotopic (exact) mass is 343 g/mol. The number of hydrogen-bond acceptors (Lipinski definition) is 4. The largest absolute Gasteiger partial charge is 0.488 e. The van der Waals surface area contributed by atoms with E-state index in [1.54, 1.807) is 17.0 Å². The Kier molecular flexibility index (Phi) is 4.92. The van der Waals surface area contributed by atoms with Crippen LogP contribution in [0.15, 0.2) is 42.6 Å². The Morgan fingerprint density at radius 2 is 2.12 bits per heavy atom. The van der Waals surface area contributed by atoms with Gasteiger partial charge in [0, 0.05) is 24.4 Å². The van der Waals surface area contributed by atoms with Gasteiger partial charge in [-0.25, -0.2) is 4.39 Å². The maximum atomic E-state index is 13.3. The SMILES string of the molecule is NC(=O)c1cc(OC2CCCN(C(=O)c3cccc(F)c3)C2)ccn1. The Morgan fingerprint density at radius 3 is 2.88 bits per heavy atom. The van der Waals surface area contributed by atoms with Crippen LogP contribution in [0, 0.1) is 5.82 Å². The minimum atomic E-state index is -0.628. The van der Waals surface area contributed by atoms with Crippen LogP contribution in [-0.2, 0) is 0 Å². The summed E-state index contributed by atoms with van der Waals surface area (Å²) in [4.78, 5) is 29.2. The summed E-state index contributed by atoms with van der Waals surface area (Å²) in [7, 11) is 0. The van der Waals surface area contributed by atoms with Crippen molar-refractivity contribution >= 4 is 11.8 Å². The Balaban J connectivity index is 1.68. The third-order valence-electron chi connectivity index (χ3n) is 4.02. The number of amides is 2. The highest BCUT2D eigenvalue weighted by atomic mass is 19.1. The number of pyridine rings is 1. The fourth-order valence-corrected chi connectivity index (χ4v) is 2.83. The number of likely N-dealkylation sites (tertiary alicyclic amines) is 1. The first-order valence-corrected chi connectivity index (χ1v) is 8.00. The number of benzene rings is 1. The zero-order valence-electron chi connectivity index (χ0n) is 13.5. The van der Waals surface area contributed by atoms with Gasteiger partial charge in [0.2, 0.25) is 0 Å². The summed E-state index contributed by atoms with van der Waals surface area (Å²) in [5.74, 6) is -0.808. The number of carbonyl (C=O) groups is 2. The van der Waals surface area contributed by atoms with E-state index in [-0.39, 0.29) is 17.7 Å². The molecule has 0 saturated carbocycles. The second-order valence-electron chi connectivity index (χ2n) is 5.88. The van der Waals surface area contributed by atoms with Gasteiger partial charge in [0.25, 0.3) is 11.8 Å². The average Bonchev–Trinajstić information content (AvgIpc) is 2.61. The van der Waals surface area contributed by atoms with Crippen LogP contribution in [0.2, 0.25) is 0 Å². The molecular formula is C18H18FN3O3. The van der Waals surface area contributed by atoms with Crippen molar-refractivity contribution < 1.29 is 18.7 Å². The molecule has 2 aromatic rings. The molecule has 7 heteroatoms. The van der Waals surface area contributed by atoms with Crippen molar-refractivity contribution in [2.45, 2.75) is 18.9 Å². The summed E-state index contributed by atoms with van der Waals surface area (Å²) in [6, 6.07) is 8.77. The molecule has 1 unspecified atom stereocenters. The highest BCUT2D eigenvalue weighted by Gasteiger charge is 2.26. The lowest BCUT2D eigenvalue weighted by Gasteiger charge is -2.33. The van der Waals surface area contributed by atoms with Gasteiger partial charge in [0.1, 0.15) is 23.4 Å². The number of primary amides is 1. The zero-order valence-corrected chi connectivity index (χ0v) is 13.5. The molecule has 1 aromatic carbocycles. The first kappa shape index (κ1) is 16.9. The number of carbonyl (C=O) groups excluding carboxylic acids is 2. The molecule has 0 spiro atoms. The van der Waals surface area contributed by atoms with E-state index in [4.69, 9.17) is 10.5 Å². The molecule has 1 fully saturated rings. The van der Waals surface area contributed by atoms with Crippen molar-refractivity contribution in [1.82, 2.24) is 9.88 Å². The number of nitrogens with two attached hydrogens (primary N) is 1. The maximum Gasteiger partial charge on any atom is 0.267 e. The molecule has 2 amide bonds. The molecule has 2 N–H and O–H groups in total. The summed E-state index contributed by atoms with van der Waals surface area (Å²) >= 11 is 0. The van der Waals surface area contributed by atoms with Crippen LogP contribution in [0.4, 0.5) is 4.39 Å². The van der Waals surface area contributed by atoms with E-state index in [9.17, 15) is 14.0 Å². The van der Waals surface area contributed by atoms with E-state index < -0.39 is 11.7 Å². The molecule has 1 aliphatic heterocycles. The molecule has 0 bridgehead atoms. The van der Waals surface area contributed by atoms with E-state index in [1.807, 2.05) is 0 Å². The van der Waals surface area contributed by atoms with Gasteiger partial charge in [-0.05, 0) is 37.1 Å². The molecule has 130 valence electrons. The van der Waals surface area contributed by atoms with Gasteiger partial charge in [-0.15, -0.1) is 0 Å². The lowest BCUT2D eigenvalue weighted by atomic mass is 10.1. The summed E-state index contributed by atoms with van der Waals surface area (Å²) in [5.41, 5.74) is 5.66. The van der Waals surface area contributed by atoms with E-state index in [0.29, 0.717) is 24.4 Å². The molecule has 0 aliphatic carbocycles. The summed E-state index contributed by atoms with van der Waals surface area (Å²) < 4.78 is 19.2. The third kappa shape index (κ3) is 4.12. The minimum Gasteiger partial charge on any atom is -0.488 e. The fraction of sp³-hybridized carbons (Fsp3) is 0.278. The molecule has 0 radical (unpaired) electrons. The predicted molar refractivity (Wildman–Crippen MR) is 88.7 cm³/mol. The van der Waals surface area contributed by atoms with Gasteiger partial charge < -0.3 is 15.4 Å². The Morgan fingerprint density at radius 1 is 1.28 bits per heavy atom. The highest BCUT2D eigenvalue weighted by Crippen LogP contribution is 2.20. The number of rotatable bonds is 4. The molecule has 3 rings (SSSR count). The normalized spacial score (nSPS) is 17.2. The number of hydrogen-bond donors (Lipinski definition) is 1. The van der Waals surface area contributed by atoms with Gasteiger partial charge in [-0.1, -0.05) is 6.07 Å². The van der Waals surface area contributed by atoms with E-state index in [0.717, 1.165) is 12.8 Å². The van der Waals surface area contributed by atoms with Crippen molar-refractivity contribution in [1.29, 1.82) is 0 Å². The predicted octanol–water partition coefficient (Wildman–Crippen LogP) is 2.00. The summed E-state index contributed by atoms with van der Waals surface area (Å²) in [5, 5.41) is 0. The standard InChI is InChI=1S/C18H18FN3O3/c19-13-4-1-3-12(9-13)18(24)22-8-2-5-15(11-22)25-14-6-7-21-16(10-14)17(20)23/h1,3-4,6-7,9-10,15H,2,5,8,11H2,(H2,20,23). The maximum absolute atomic E-state index is 13.3. The van der Waals surface area contributed by atoms with Gasteiger partial charge in [-0.3, -0.25) is 14.6 Å². The number of ether oxygens (including phenoxy) is 1. The van der Waals surface area contributed by atoms with Crippen molar-refractivity contribution in [3.05, 3.63) is 59.7 Å². The van der Waals surface area contributed by atoms with Crippen LogP contribution in [0.25, 0.3) is 0 Å². The van der Waals surface area contributed by atoms with Gasteiger partial charge in [0.15, 0.2) is 0 Å². The molecule has 25 heavy (non-hydrogen) atoms. The van der Waals surface area contributed by atoms with E-state index >= 15 is 0 Å². The number of nitrogens with zero attached hydrogens (tertiary/aromatic N) is 2. The van der Waals surface area contributed by atoms with Gasteiger partial charge in [-0.2, -0.15) is 0 Å². The minimum absolute atomic E-state index is 0.126. The van der Waals surface area contributed by atoms with E-state index in [2.05, 4.69) is 4.98 Å². The molecule has 1 saturated heterocycles. The lowest BCUT2D eigenvalue weighted by molar-refractivity contribution is 0.0537. The zero-order chi connectivity index (χ0) is 17.8. The summed E-state index contributed by atoms with van der Waals surface area (Å²) in [6.45, 7) is 0.988. The van der Waals surface area contributed by atoms with Crippen LogP contribution in [-0.4, -0.2) is 40.9 Å². The summed E-state index contributed by atoms with van der Waals surface area (Å²) in [6.07, 6.45) is 2.79. The van der Waals surface area contributed by atoms with E-state index in [1.165, 1.54) is 30.5 Å². The van der Waals surface area contributed by atoms with Gasteiger partial charge in [0.05, 0.1) is 6.54 Å². The van der Waals surface area contributed by atoms with Gasteiger partial charge >= 0.3 is 0 Å². The van der Waals surface area contributed by atoms with Crippen LogP contribution in [0.5, 0.6) is 5.75 Å². The van der Waals surface area contributed by atoms with Crippen LogP contribution in [0.1, 0.15) is 33.7 Å². The average molecular weight is 343 g/mol. The second-order valence-corrected chi connectivity index (χ2v) is 5.88. The first-order valence-electron chi connectivity index (χ1n) is 8.00. The second kappa shape index (κ2) is 7.29. The smallest absolute Gasteiger partial charge is 0.267 e. The highest BCUT2D eigenvalue weighted by molar-refractivity contribution is 5.94. The Hall–Kier alpha value is -2.96. The molecule has 1 aromatic heterocycles. The van der Waals surface area contributed by atoms with Crippen molar-refractivity contribution in [3.8, 4) is 5.75 Å². The molecule has 1 aliphatic rings. The van der Waals surface area contributed by atoms with Crippen molar-refractivity contribution in [2.75, 3.05) is 13.1 Å². The van der Waals surface area contributed by atoms with Crippen molar-refractivity contribution in [3.63, 3.8) is 0 Å². The third-order valence-corrected chi connectivity index (χ3v) is 4.02.